The van der Waals surface area contributed by atoms with E-state index < -0.39 is 5.82 Å². The van der Waals surface area contributed by atoms with E-state index in [0.717, 1.165) is 5.56 Å². The van der Waals surface area contributed by atoms with Crippen LogP contribution in [0.15, 0.2) is 16.6 Å². The minimum absolute atomic E-state index is 0.0954. The van der Waals surface area contributed by atoms with Crippen LogP contribution in [0, 0.1) is 17.1 Å². The third-order valence-corrected chi connectivity index (χ3v) is 2.41. The summed E-state index contributed by atoms with van der Waals surface area (Å²) >= 11 is 3.08. The van der Waals surface area contributed by atoms with Gasteiger partial charge in [0.25, 0.3) is 0 Å². The minimum atomic E-state index is -0.480. The van der Waals surface area contributed by atoms with Crippen LogP contribution in [0.5, 0.6) is 0 Å². The maximum atomic E-state index is 13.2. The number of nitrogens with zero attached hydrogens (tertiary/aromatic N) is 1. The van der Waals surface area contributed by atoms with Gasteiger partial charge in [-0.1, -0.05) is 13.8 Å². The first kappa shape index (κ1) is 10.2. The molecule has 68 valence electrons. The topological polar surface area (TPSA) is 23.8 Å². The molecule has 0 aliphatic rings. The molecule has 1 nitrogen and oxygen atoms in total. The fourth-order valence-corrected chi connectivity index (χ4v) is 1.50. The van der Waals surface area contributed by atoms with Crippen molar-refractivity contribution < 1.29 is 4.39 Å². The lowest BCUT2D eigenvalue weighted by molar-refractivity contribution is 0.615. The van der Waals surface area contributed by atoms with Crippen molar-refractivity contribution in [1.82, 2.24) is 0 Å². The molecule has 1 aromatic carbocycles. The van der Waals surface area contributed by atoms with Gasteiger partial charge in [0.2, 0.25) is 0 Å². The van der Waals surface area contributed by atoms with Crippen LogP contribution in [0.25, 0.3) is 0 Å². The van der Waals surface area contributed by atoms with Crippen molar-refractivity contribution in [3.63, 3.8) is 0 Å². The first-order chi connectivity index (χ1) is 6.06. The average Bonchev–Trinajstić information content (AvgIpc) is 2.09. The SMILES string of the molecule is CC(C)c1cc(Br)c(F)c(C#N)c1. The Hall–Kier alpha value is -0.880. The number of hydrogen-bond donors (Lipinski definition) is 0. The van der Waals surface area contributed by atoms with Crippen LogP contribution in [0.3, 0.4) is 0 Å². The lowest BCUT2D eigenvalue weighted by atomic mass is 10.0. The van der Waals surface area contributed by atoms with Gasteiger partial charge in [-0.05, 0) is 39.5 Å². The predicted octanol–water partition coefficient (Wildman–Crippen LogP) is 3.58. The van der Waals surface area contributed by atoms with E-state index >= 15 is 0 Å². The second-order valence-electron chi connectivity index (χ2n) is 3.13. The molecule has 0 saturated carbocycles. The third-order valence-electron chi connectivity index (χ3n) is 1.84. The van der Waals surface area contributed by atoms with Gasteiger partial charge in [-0.15, -0.1) is 0 Å². The zero-order valence-corrected chi connectivity index (χ0v) is 9.02. The molecule has 0 spiro atoms. The van der Waals surface area contributed by atoms with Gasteiger partial charge in [0.1, 0.15) is 6.07 Å². The molecular formula is C10H9BrFN. The Morgan fingerprint density at radius 3 is 2.54 bits per heavy atom. The lowest BCUT2D eigenvalue weighted by Gasteiger charge is -2.07. The standard InChI is InChI=1S/C10H9BrFN/c1-6(2)7-3-8(5-13)10(12)9(11)4-7/h3-4,6H,1-2H3. The average molecular weight is 242 g/mol. The maximum Gasteiger partial charge on any atom is 0.155 e. The molecule has 0 bridgehead atoms. The number of hydrogen-bond acceptors (Lipinski definition) is 1. The zero-order valence-electron chi connectivity index (χ0n) is 7.44. The van der Waals surface area contributed by atoms with Crippen molar-refractivity contribution in [2.45, 2.75) is 19.8 Å². The maximum absolute atomic E-state index is 13.2. The molecule has 1 aromatic rings. The Bertz CT molecular complexity index is 366. The third kappa shape index (κ3) is 2.07. The van der Waals surface area contributed by atoms with Crippen molar-refractivity contribution in [1.29, 1.82) is 5.26 Å². The summed E-state index contributed by atoms with van der Waals surface area (Å²) in [7, 11) is 0. The first-order valence-corrected chi connectivity index (χ1v) is 4.74. The first-order valence-electron chi connectivity index (χ1n) is 3.95. The quantitative estimate of drug-likeness (QED) is 0.738. The normalized spacial score (nSPS) is 10.2. The largest absolute Gasteiger partial charge is 0.204 e. The lowest BCUT2D eigenvalue weighted by Crippen LogP contribution is -1.93. The van der Waals surface area contributed by atoms with E-state index in [2.05, 4.69) is 15.9 Å². The molecule has 0 aliphatic carbocycles. The molecule has 0 radical (unpaired) electrons. The van der Waals surface area contributed by atoms with Crippen LogP contribution < -0.4 is 0 Å². The van der Waals surface area contributed by atoms with Gasteiger partial charge in [-0.25, -0.2) is 4.39 Å². The van der Waals surface area contributed by atoms with Crippen molar-refractivity contribution in [3.8, 4) is 6.07 Å². The van der Waals surface area contributed by atoms with E-state index in [9.17, 15) is 4.39 Å². The van der Waals surface area contributed by atoms with Crippen LogP contribution in [0.2, 0.25) is 0 Å². The fraction of sp³-hybridized carbons (Fsp3) is 0.300. The smallest absolute Gasteiger partial charge is 0.155 e. The van der Waals surface area contributed by atoms with Gasteiger partial charge in [0, 0.05) is 0 Å². The minimum Gasteiger partial charge on any atom is -0.204 e. The Morgan fingerprint density at radius 2 is 2.08 bits per heavy atom. The highest BCUT2D eigenvalue weighted by atomic mass is 79.9. The Labute approximate surface area is 85.3 Å². The van der Waals surface area contributed by atoms with Gasteiger partial charge in [-0.3, -0.25) is 0 Å². The van der Waals surface area contributed by atoms with E-state index in [1.54, 1.807) is 12.1 Å². The molecule has 13 heavy (non-hydrogen) atoms. The van der Waals surface area contributed by atoms with Crippen molar-refractivity contribution in [2.75, 3.05) is 0 Å². The molecule has 0 unspecified atom stereocenters. The predicted molar refractivity (Wildman–Crippen MR) is 52.9 cm³/mol. The van der Waals surface area contributed by atoms with Crippen molar-refractivity contribution in [3.05, 3.63) is 33.5 Å². The monoisotopic (exact) mass is 241 g/mol. The molecule has 1 rings (SSSR count). The Balaban J connectivity index is 3.32. The molecule has 0 atom stereocenters. The molecule has 0 heterocycles. The van der Waals surface area contributed by atoms with E-state index in [1.165, 1.54) is 0 Å². The van der Waals surface area contributed by atoms with E-state index in [1.807, 2.05) is 19.9 Å². The van der Waals surface area contributed by atoms with Gasteiger partial charge in [0.05, 0.1) is 10.0 Å². The van der Waals surface area contributed by atoms with Crippen LogP contribution >= 0.6 is 15.9 Å². The highest BCUT2D eigenvalue weighted by Crippen LogP contribution is 2.25. The fourth-order valence-electron chi connectivity index (χ4n) is 1.02. The van der Waals surface area contributed by atoms with Gasteiger partial charge in [-0.2, -0.15) is 5.26 Å². The highest BCUT2D eigenvalue weighted by Gasteiger charge is 2.09. The summed E-state index contributed by atoms with van der Waals surface area (Å²) in [6.45, 7) is 4.00. The van der Waals surface area contributed by atoms with E-state index in [0.29, 0.717) is 10.4 Å². The van der Waals surface area contributed by atoms with Crippen LogP contribution in [0.4, 0.5) is 4.39 Å². The molecule has 3 heteroatoms. The number of rotatable bonds is 1. The second kappa shape index (κ2) is 3.89. The van der Waals surface area contributed by atoms with Crippen molar-refractivity contribution in [2.24, 2.45) is 0 Å². The summed E-state index contributed by atoms with van der Waals surface area (Å²) in [5.74, 6) is -0.184. The second-order valence-corrected chi connectivity index (χ2v) is 3.99. The van der Waals surface area contributed by atoms with Gasteiger partial charge < -0.3 is 0 Å². The zero-order chi connectivity index (χ0) is 10.0. The summed E-state index contributed by atoms with van der Waals surface area (Å²) in [5, 5.41) is 8.64. The van der Waals surface area contributed by atoms with Crippen molar-refractivity contribution >= 4 is 15.9 Å². The summed E-state index contributed by atoms with van der Waals surface area (Å²) in [6, 6.07) is 5.12. The molecule has 0 fully saturated rings. The Kier molecular flexibility index (Phi) is 3.05. The van der Waals surface area contributed by atoms with Crippen LogP contribution in [0.1, 0.15) is 30.9 Å². The number of halogens is 2. The molecule has 0 amide bonds. The molecule has 0 aromatic heterocycles. The van der Waals surface area contributed by atoms with Gasteiger partial charge in [0.15, 0.2) is 5.82 Å². The summed E-state index contributed by atoms with van der Waals surface area (Å²) in [4.78, 5) is 0. The van der Waals surface area contributed by atoms with Gasteiger partial charge >= 0.3 is 0 Å². The van der Waals surface area contributed by atoms with Crippen LogP contribution in [-0.4, -0.2) is 0 Å². The summed E-state index contributed by atoms with van der Waals surface area (Å²) < 4.78 is 13.5. The van der Waals surface area contributed by atoms with E-state index in [-0.39, 0.29) is 5.56 Å². The molecule has 0 N–H and O–H groups in total. The number of nitriles is 1. The Morgan fingerprint density at radius 1 is 1.46 bits per heavy atom. The highest BCUT2D eigenvalue weighted by molar-refractivity contribution is 9.10. The molecule has 0 saturated heterocycles. The summed E-state index contributed by atoms with van der Waals surface area (Å²) in [5.41, 5.74) is 1.06. The molecular weight excluding hydrogens is 233 g/mol. The molecule has 0 aliphatic heterocycles. The van der Waals surface area contributed by atoms with E-state index in [4.69, 9.17) is 5.26 Å². The number of benzene rings is 1. The van der Waals surface area contributed by atoms with Crippen LogP contribution in [-0.2, 0) is 0 Å². The summed E-state index contributed by atoms with van der Waals surface area (Å²) in [6.07, 6.45) is 0.